The predicted octanol–water partition coefficient (Wildman–Crippen LogP) is 1.95. The van der Waals surface area contributed by atoms with Crippen molar-refractivity contribution in [3.8, 4) is 0 Å². The van der Waals surface area contributed by atoms with E-state index < -0.39 is 0 Å². The van der Waals surface area contributed by atoms with Crippen LogP contribution in [0.25, 0.3) is 0 Å². The zero-order valence-corrected chi connectivity index (χ0v) is 8.49. The Labute approximate surface area is 79.6 Å². The molecule has 0 aliphatic heterocycles. The van der Waals surface area contributed by atoms with Crippen LogP contribution in [-0.2, 0) is 6.42 Å². The van der Waals surface area contributed by atoms with Gasteiger partial charge in [0.1, 0.15) is 0 Å². The number of aliphatic hydroxyl groups is 1. The summed E-state index contributed by atoms with van der Waals surface area (Å²) >= 11 is 0. The quantitative estimate of drug-likeness (QED) is 0.769. The first-order valence-electron chi connectivity index (χ1n) is 4.70. The van der Waals surface area contributed by atoms with Gasteiger partial charge < -0.3 is 5.11 Å². The van der Waals surface area contributed by atoms with E-state index in [1.165, 1.54) is 0 Å². The van der Waals surface area contributed by atoms with Gasteiger partial charge in [0.2, 0.25) is 0 Å². The molecule has 0 spiro atoms. The first kappa shape index (κ1) is 10.2. The van der Waals surface area contributed by atoms with Gasteiger partial charge in [0.05, 0.1) is 6.10 Å². The molecule has 0 amide bonds. The number of rotatable bonds is 3. The molecule has 1 atom stereocenters. The van der Waals surface area contributed by atoms with E-state index in [2.05, 4.69) is 4.98 Å². The molecule has 0 bridgehead atoms. The first-order chi connectivity index (χ1) is 6.11. The van der Waals surface area contributed by atoms with Crippen LogP contribution in [0.5, 0.6) is 0 Å². The van der Waals surface area contributed by atoms with Crippen molar-refractivity contribution in [2.24, 2.45) is 5.92 Å². The second-order valence-corrected chi connectivity index (χ2v) is 3.78. The average molecular weight is 179 g/mol. The number of hydrogen-bond donors (Lipinski definition) is 1. The molecule has 0 saturated heterocycles. The lowest BCUT2D eigenvalue weighted by Crippen LogP contribution is -2.18. The fraction of sp³-hybridized carbons (Fsp3) is 0.545. The van der Waals surface area contributed by atoms with Crippen LogP contribution in [0.1, 0.15) is 25.1 Å². The van der Waals surface area contributed by atoms with Crippen LogP contribution in [0.3, 0.4) is 0 Å². The minimum absolute atomic E-state index is 0.284. The van der Waals surface area contributed by atoms with Crippen molar-refractivity contribution in [1.29, 1.82) is 0 Å². The summed E-state index contributed by atoms with van der Waals surface area (Å²) in [7, 11) is 0. The fourth-order valence-electron chi connectivity index (χ4n) is 1.17. The van der Waals surface area contributed by atoms with Crippen LogP contribution in [-0.4, -0.2) is 16.2 Å². The minimum atomic E-state index is -0.284. The van der Waals surface area contributed by atoms with E-state index in [0.717, 1.165) is 11.3 Å². The zero-order valence-electron chi connectivity index (χ0n) is 8.49. The fourth-order valence-corrected chi connectivity index (χ4v) is 1.17. The highest BCUT2D eigenvalue weighted by molar-refractivity contribution is 5.18. The standard InChI is InChI=1S/C11H17NO/c1-8(2)11(13)7-10-9(3)5-4-6-12-10/h4-6,8,11,13H,7H2,1-3H3. The molecular weight excluding hydrogens is 162 g/mol. The van der Waals surface area contributed by atoms with Crippen molar-refractivity contribution in [1.82, 2.24) is 4.98 Å². The molecule has 0 aromatic carbocycles. The van der Waals surface area contributed by atoms with Gasteiger partial charge in [-0.2, -0.15) is 0 Å². The largest absolute Gasteiger partial charge is 0.392 e. The number of aryl methyl sites for hydroxylation is 1. The maximum atomic E-state index is 9.66. The highest BCUT2D eigenvalue weighted by atomic mass is 16.3. The Balaban J connectivity index is 2.69. The lowest BCUT2D eigenvalue weighted by molar-refractivity contribution is 0.124. The van der Waals surface area contributed by atoms with Crippen LogP contribution in [0, 0.1) is 12.8 Å². The van der Waals surface area contributed by atoms with E-state index in [9.17, 15) is 5.11 Å². The van der Waals surface area contributed by atoms with Crippen LogP contribution in [0.4, 0.5) is 0 Å². The van der Waals surface area contributed by atoms with Crippen molar-refractivity contribution in [2.75, 3.05) is 0 Å². The molecule has 1 rings (SSSR count). The van der Waals surface area contributed by atoms with Crippen molar-refractivity contribution < 1.29 is 5.11 Å². The Morgan fingerprint density at radius 3 is 2.69 bits per heavy atom. The van der Waals surface area contributed by atoms with Gasteiger partial charge in [-0.05, 0) is 24.5 Å². The molecule has 1 aromatic heterocycles. The van der Waals surface area contributed by atoms with Crippen LogP contribution in [0.2, 0.25) is 0 Å². The third kappa shape index (κ3) is 2.81. The molecule has 0 saturated carbocycles. The summed E-state index contributed by atoms with van der Waals surface area (Å²) < 4.78 is 0. The number of nitrogens with zero attached hydrogens (tertiary/aromatic N) is 1. The molecule has 13 heavy (non-hydrogen) atoms. The summed E-state index contributed by atoms with van der Waals surface area (Å²) in [6, 6.07) is 3.94. The van der Waals surface area contributed by atoms with Crippen LogP contribution < -0.4 is 0 Å². The van der Waals surface area contributed by atoms with E-state index in [-0.39, 0.29) is 6.10 Å². The number of pyridine rings is 1. The smallest absolute Gasteiger partial charge is 0.0618 e. The molecule has 72 valence electrons. The highest BCUT2D eigenvalue weighted by Gasteiger charge is 2.11. The summed E-state index contributed by atoms with van der Waals surface area (Å²) in [5.74, 6) is 0.293. The second-order valence-electron chi connectivity index (χ2n) is 3.78. The van der Waals surface area contributed by atoms with E-state index in [1.54, 1.807) is 6.20 Å². The monoisotopic (exact) mass is 179 g/mol. The molecule has 1 aromatic rings. The van der Waals surface area contributed by atoms with Crippen molar-refractivity contribution >= 4 is 0 Å². The van der Waals surface area contributed by atoms with E-state index in [1.807, 2.05) is 32.9 Å². The zero-order chi connectivity index (χ0) is 9.84. The first-order valence-corrected chi connectivity index (χ1v) is 4.70. The molecule has 1 unspecified atom stereocenters. The maximum Gasteiger partial charge on any atom is 0.0618 e. The van der Waals surface area contributed by atoms with E-state index >= 15 is 0 Å². The van der Waals surface area contributed by atoms with Gasteiger partial charge in [0.25, 0.3) is 0 Å². The van der Waals surface area contributed by atoms with Gasteiger partial charge >= 0.3 is 0 Å². The third-order valence-electron chi connectivity index (χ3n) is 2.29. The van der Waals surface area contributed by atoms with Gasteiger partial charge in [-0.1, -0.05) is 19.9 Å². The van der Waals surface area contributed by atoms with Gasteiger partial charge in [-0.25, -0.2) is 0 Å². The lowest BCUT2D eigenvalue weighted by Gasteiger charge is -2.14. The molecule has 2 heteroatoms. The Bertz CT molecular complexity index is 271. The van der Waals surface area contributed by atoms with Crippen molar-refractivity contribution in [3.63, 3.8) is 0 Å². The molecule has 0 aliphatic carbocycles. The lowest BCUT2D eigenvalue weighted by atomic mass is 10.0. The Kier molecular flexibility index (Phi) is 3.43. The SMILES string of the molecule is Cc1cccnc1CC(O)C(C)C. The molecule has 0 aliphatic rings. The van der Waals surface area contributed by atoms with Crippen molar-refractivity contribution in [3.05, 3.63) is 29.6 Å². The average Bonchev–Trinajstić information content (AvgIpc) is 2.08. The summed E-state index contributed by atoms with van der Waals surface area (Å²) in [5, 5.41) is 9.66. The van der Waals surface area contributed by atoms with Gasteiger partial charge in [-0.15, -0.1) is 0 Å². The second kappa shape index (κ2) is 4.38. The Morgan fingerprint density at radius 2 is 2.15 bits per heavy atom. The summed E-state index contributed by atoms with van der Waals surface area (Å²) in [4.78, 5) is 4.24. The molecular formula is C11H17NO. The summed E-state index contributed by atoms with van der Waals surface area (Å²) in [6.45, 7) is 6.06. The van der Waals surface area contributed by atoms with Gasteiger partial charge in [-0.3, -0.25) is 4.98 Å². The van der Waals surface area contributed by atoms with E-state index in [0.29, 0.717) is 12.3 Å². The summed E-state index contributed by atoms with van der Waals surface area (Å²) in [5.41, 5.74) is 2.16. The molecule has 1 heterocycles. The minimum Gasteiger partial charge on any atom is -0.392 e. The Morgan fingerprint density at radius 1 is 1.46 bits per heavy atom. The number of aromatic nitrogens is 1. The third-order valence-corrected chi connectivity index (χ3v) is 2.29. The van der Waals surface area contributed by atoms with Crippen LogP contribution in [0.15, 0.2) is 18.3 Å². The van der Waals surface area contributed by atoms with Gasteiger partial charge in [0, 0.05) is 18.3 Å². The normalized spacial score (nSPS) is 13.3. The number of hydrogen-bond acceptors (Lipinski definition) is 2. The van der Waals surface area contributed by atoms with E-state index in [4.69, 9.17) is 0 Å². The van der Waals surface area contributed by atoms with Gasteiger partial charge in [0.15, 0.2) is 0 Å². The topological polar surface area (TPSA) is 33.1 Å². The van der Waals surface area contributed by atoms with Crippen molar-refractivity contribution in [2.45, 2.75) is 33.3 Å². The molecule has 1 N–H and O–H groups in total. The molecule has 2 nitrogen and oxygen atoms in total. The number of aliphatic hydroxyl groups excluding tert-OH is 1. The summed E-state index contributed by atoms with van der Waals surface area (Å²) in [6.07, 6.45) is 2.15. The maximum absolute atomic E-state index is 9.66. The van der Waals surface area contributed by atoms with Crippen LogP contribution >= 0.6 is 0 Å². The Hall–Kier alpha value is -0.890. The highest BCUT2D eigenvalue weighted by Crippen LogP contribution is 2.11. The molecule has 0 fully saturated rings. The predicted molar refractivity (Wildman–Crippen MR) is 53.5 cm³/mol. The molecule has 0 radical (unpaired) electrons.